The summed E-state index contributed by atoms with van der Waals surface area (Å²) in [5.74, 6) is 0.0376. The topological polar surface area (TPSA) is 142 Å². The maximum Gasteiger partial charge on any atom is 0.389 e. The Hall–Kier alpha value is -4.28. The van der Waals surface area contributed by atoms with Crippen LogP contribution >= 0.6 is 0 Å². The van der Waals surface area contributed by atoms with Crippen LogP contribution in [0.4, 0.5) is 17.2 Å². The average Bonchev–Trinajstić information content (AvgIpc) is 3.19. The number of nitro groups is 2. The molecule has 166 valence electrons. The molecule has 0 unspecified atom stereocenters. The third-order valence-electron chi connectivity index (χ3n) is 4.76. The first-order valence-corrected chi connectivity index (χ1v) is 9.65. The van der Waals surface area contributed by atoms with Crippen molar-refractivity contribution in [2.24, 2.45) is 0 Å². The van der Waals surface area contributed by atoms with Gasteiger partial charge in [0.15, 0.2) is 0 Å². The van der Waals surface area contributed by atoms with E-state index in [9.17, 15) is 25.0 Å². The number of hydrogen-bond donors (Lipinski definition) is 1. The van der Waals surface area contributed by atoms with Gasteiger partial charge in [-0.15, -0.1) is 0 Å². The fraction of sp³-hybridized carbons (Fsp3) is 0.238. The lowest BCUT2D eigenvalue weighted by molar-refractivity contribution is -0.389. The van der Waals surface area contributed by atoms with Crippen LogP contribution in [-0.2, 0) is 11.3 Å². The zero-order valence-electron chi connectivity index (χ0n) is 17.7. The molecule has 1 heterocycles. The summed E-state index contributed by atoms with van der Waals surface area (Å²) in [6, 6.07) is 9.10. The van der Waals surface area contributed by atoms with Gasteiger partial charge in [-0.25, -0.2) is 0 Å². The number of nitrogens with one attached hydrogen (secondary N) is 1. The molecule has 0 saturated carbocycles. The van der Waals surface area contributed by atoms with Crippen molar-refractivity contribution in [2.75, 3.05) is 5.32 Å². The number of non-ortho nitro benzene ring substituents is 1. The molecule has 1 amide bonds. The Morgan fingerprint density at radius 2 is 1.84 bits per heavy atom. The summed E-state index contributed by atoms with van der Waals surface area (Å²) >= 11 is 0. The lowest BCUT2D eigenvalue weighted by atomic mass is 10.1. The summed E-state index contributed by atoms with van der Waals surface area (Å²) in [7, 11) is 0. The number of nitrogens with zero attached hydrogens (tertiary/aromatic N) is 4. The number of anilines is 1. The summed E-state index contributed by atoms with van der Waals surface area (Å²) in [5, 5.41) is 28.4. The number of benzene rings is 2. The monoisotopic (exact) mass is 439 g/mol. The SMILES string of the molecule is Cc1cc(C)c(C)c(Oc2cc(NC(=O)CCn3ccc([N+](=O)[O-])n3)cc([N+](=O)[O-])c2)c1. The maximum absolute atomic E-state index is 12.3. The molecule has 0 radical (unpaired) electrons. The Labute approximate surface area is 182 Å². The van der Waals surface area contributed by atoms with Crippen molar-refractivity contribution in [1.29, 1.82) is 0 Å². The number of ether oxygens (including phenoxy) is 1. The van der Waals surface area contributed by atoms with Crippen LogP contribution in [0.15, 0.2) is 42.6 Å². The zero-order chi connectivity index (χ0) is 23.4. The Morgan fingerprint density at radius 1 is 1.09 bits per heavy atom. The molecule has 3 rings (SSSR count). The molecule has 2 aromatic carbocycles. The molecule has 0 fully saturated rings. The van der Waals surface area contributed by atoms with Gasteiger partial charge in [0.1, 0.15) is 11.5 Å². The second-order valence-electron chi connectivity index (χ2n) is 7.27. The lowest BCUT2D eigenvalue weighted by Gasteiger charge is -2.13. The Balaban J connectivity index is 1.76. The van der Waals surface area contributed by atoms with Gasteiger partial charge in [-0.1, -0.05) is 6.07 Å². The first-order valence-electron chi connectivity index (χ1n) is 9.65. The van der Waals surface area contributed by atoms with Crippen LogP contribution < -0.4 is 10.1 Å². The second kappa shape index (κ2) is 9.25. The molecule has 1 N–H and O–H groups in total. The number of aromatic nitrogens is 2. The summed E-state index contributed by atoms with van der Waals surface area (Å²) in [4.78, 5) is 33.2. The number of carbonyl (C=O) groups excluding carboxylic acids is 1. The largest absolute Gasteiger partial charge is 0.457 e. The van der Waals surface area contributed by atoms with Crippen LogP contribution in [0.3, 0.4) is 0 Å². The van der Waals surface area contributed by atoms with Gasteiger partial charge in [0.2, 0.25) is 5.91 Å². The third kappa shape index (κ3) is 5.45. The van der Waals surface area contributed by atoms with Crippen LogP contribution in [0.1, 0.15) is 23.1 Å². The summed E-state index contributed by atoms with van der Waals surface area (Å²) in [6.45, 7) is 5.87. The first kappa shape index (κ1) is 22.4. The van der Waals surface area contributed by atoms with Crippen molar-refractivity contribution in [2.45, 2.75) is 33.7 Å². The van der Waals surface area contributed by atoms with E-state index >= 15 is 0 Å². The fourth-order valence-corrected chi connectivity index (χ4v) is 3.07. The van der Waals surface area contributed by atoms with Crippen LogP contribution in [0.5, 0.6) is 11.5 Å². The molecular formula is C21H21N5O6. The van der Waals surface area contributed by atoms with Crippen molar-refractivity contribution < 1.29 is 19.4 Å². The smallest absolute Gasteiger partial charge is 0.389 e. The fourth-order valence-electron chi connectivity index (χ4n) is 3.07. The molecule has 0 aliphatic carbocycles. The van der Waals surface area contributed by atoms with E-state index in [-0.39, 0.29) is 35.9 Å². The number of amides is 1. The van der Waals surface area contributed by atoms with E-state index in [0.717, 1.165) is 16.7 Å². The zero-order valence-corrected chi connectivity index (χ0v) is 17.7. The van der Waals surface area contributed by atoms with Crippen LogP contribution in [-0.4, -0.2) is 25.5 Å². The number of aryl methyl sites for hydroxylation is 3. The van der Waals surface area contributed by atoms with Gasteiger partial charge in [-0.05, 0) is 48.5 Å². The van der Waals surface area contributed by atoms with E-state index in [1.807, 2.05) is 32.9 Å². The molecule has 0 aliphatic heterocycles. The standard InChI is InChI=1S/C21H21N5O6/c1-13-8-14(2)15(3)19(9-13)32-18-11-16(10-17(12-18)25(28)29)22-21(27)5-7-24-6-4-20(23-24)26(30)31/h4,6,8-12H,5,7H2,1-3H3,(H,22,27). The third-order valence-corrected chi connectivity index (χ3v) is 4.76. The molecule has 0 bridgehead atoms. The van der Waals surface area contributed by atoms with Crippen molar-refractivity contribution in [3.05, 3.63) is 79.5 Å². The number of hydrogen-bond acceptors (Lipinski definition) is 7. The highest BCUT2D eigenvalue weighted by atomic mass is 16.6. The minimum Gasteiger partial charge on any atom is -0.457 e. The molecular weight excluding hydrogens is 418 g/mol. The molecule has 1 aromatic heterocycles. The highest BCUT2D eigenvalue weighted by molar-refractivity contribution is 5.91. The van der Waals surface area contributed by atoms with E-state index in [1.54, 1.807) is 0 Å². The van der Waals surface area contributed by atoms with Crippen molar-refractivity contribution in [3.8, 4) is 11.5 Å². The Bertz CT molecular complexity index is 1200. The molecule has 11 nitrogen and oxygen atoms in total. The summed E-state index contributed by atoms with van der Waals surface area (Å²) < 4.78 is 7.18. The van der Waals surface area contributed by atoms with E-state index < -0.39 is 15.8 Å². The van der Waals surface area contributed by atoms with Crippen LogP contribution in [0.25, 0.3) is 0 Å². The molecule has 0 spiro atoms. The predicted octanol–water partition coefficient (Wildman–Crippen LogP) is 4.45. The van der Waals surface area contributed by atoms with E-state index in [2.05, 4.69) is 10.4 Å². The van der Waals surface area contributed by atoms with Gasteiger partial charge in [0.25, 0.3) is 5.69 Å². The van der Waals surface area contributed by atoms with E-state index in [1.165, 1.54) is 35.1 Å². The van der Waals surface area contributed by atoms with Gasteiger partial charge >= 0.3 is 5.82 Å². The van der Waals surface area contributed by atoms with Gasteiger partial charge in [0.05, 0.1) is 40.6 Å². The first-order chi connectivity index (χ1) is 15.1. The number of rotatable bonds is 8. The van der Waals surface area contributed by atoms with Gasteiger partial charge in [-0.3, -0.25) is 14.9 Å². The molecule has 3 aromatic rings. The molecule has 0 saturated heterocycles. The molecule has 11 heteroatoms. The minimum absolute atomic E-state index is 0.0338. The van der Waals surface area contributed by atoms with Gasteiger partial charge in [0, 0.05) is 18.6 Å². The summed E-state index contributed by atoms with van der Waals surface area (Å²) in [6.07, 6.45) is 1.37. The normalized spacial score (nSPS) is 10.6. The highest BCUT2D eigenvalue weighted by Gasteiger charge is 2.16. The van der Waals surface area contributed by atoms with E-state index in [4.69, 9.17) is 4.74 Å². The van der Waals surface area contributed by atoms with E-state index in [0.29, 0.717) is 5.75 Å². The Morgan fingerprint density at radius 3 is 2.50 bits per heavy atom. The van der Waals surface area contributed by atoms with Crippen LogP contribution in [0, 0.1) is 41.0 Å². The van der Waals surface area contributed by atoms with Gasteiger partial charge in [-0.2, -0.15) is 4.68 Å². The molecule has 0 atom stereocenters. The number of carbonyl (C=O) groups is 1. The number of nitro benzene ring substituents is 1. The van der Waals surface area contributed by atoms with Gasteiger partial charge < -0.3 is 20.2 Å². The summed E-state index contributed by atoms with van der Waals surface area (Å²) in [5.41, 5.74) is 2.88. The van der Waals surface area contributed by atoms with Crippen LogP contribution in [0.2, 0.25) is 0 Å². The molecule has 32 heavy (non-hydrogen) atoms. The highest BCUT2D eigenvalue weighted by Crippen LogP contribution is 2.33. The van der Waals surface area contributed by atoms with Crippen molar-refractivity contribution >= 4 is 23.1 Å². The minimum atomic E-state index is -0.626. The maximum atomic E-state index is 12.3. The second-order valence-corrected chi connectivity index (χ2v) is 7.27. The lowest BCUT2D eigenvalue weighted by Crippen LogP contribution is -2.15. The average molecular weight is 439 g/mol. The van der Waals surface area contributed by atoms with Crippen molar-refractivity contribution in [3.63, 3.8) is 0 Å². The predicted molar refractivity (Wildman–Crippen MR) is 116 cm³/mol. The quantitative estimate of drug-likeness (QED) is 0.403. The van der Waals surface area contributed by atoms with Crippen molar-refractivity contribution in [1.82, 2.24) is 9.78 Å². The molecule has 0 aliphatic rings. The Kier molecular flexibility index (Phi) is 6.47.